The van der Waals surface area contributed by atoms with Crippen molar-refractivity contribution in [3.8, 4) is 0 Å². The van der Waals surface area contributed by atoms with E-state index in [-0.39, 0.29) is 37.4 Å². The van der Waals surface area contributed by atoms with Crippen LogP contribution in [0.3, 0.4) is 0 Å². The second kappa shape index (κ2) is 10.2. The van der Waals surface area contributed by atoms with E-state index in [1.807, 2.05) is 24.3 Å². The number of benzene rings is 2. The van der Waals surface area contributed by atoms with Crippen molar-refractivity contribution in [2.75, 3.05) is 29.5 Å². The van der Waals surface area contributed by atoms with Crippen LogP contribution in [0.5, 0.6) is 0 Å². The zero-order valence-electron chi connectivity index (χ0n) is 21.5. The second-order valence-electron chi connectivity index (χ2n) is 10.2. The molecule has 2 N–H and O–H groups in total. The minimum absolute atomic E-state index is 0.00809. The smallest absolute Gasteiger partial charge is 0.264 e. The Balaban J connectivity index is 1.36. The Morgan fingerprint density at radius 2 is 1.97 bits per heavy atom. The van der Waals surface area contributed by atoms with Gasteiger partial charge in [0.25, 0.3) is 5.91 Å². The molecule has 0 bridgehead atoms. The maximum atomic E-state index is 13.5. The van der Waals surface area contributed by atoms with E-state index in [1.165, 1.54) is 4.90 Å². The monoisotopic (exact) mass is 515 g/mol. The number of carbonyl (C=O) groups is 3. The maximum Gasteiger partial charge on any atom is 0.264 e. The number of anilines is 2. The molecule has 3 aliphatic heterocycles. The Labute approximate surface area is 222 Å². The van der Waals surface area contributed by atoms with Crippen LogP contribution in [0, 0.1) is 5.92 Å². The normalized spacial score (nSPS) is 23.3. The number of aliphatic hydroxyl groups excluding tert-OH is 1. The highest BCUT2D eigenvalue weighted by Crippen LogP contribution is 2.47. The third kappa shape index (κ3) is 4.23. The molecule has 3 aliphatic rings. The lowest BCUT2D eigenvalue weighted by Crippen LogP contribution is -2.46. The van der Waals surface area contributed by atoms with Crippen LogP contribution in [0.1, 0.15) is 36.5 Å². The minimum atomic E-state index is -1.85. The van der Waals surface area contributed by atoms with E-state index in [0.717, 1.165) is 11.1 Å². The predicted octanol–water partition coefficient (Wildman–Crippen LogP) is 2.67. The number of hydrogen-bond donors (Lipinski definition) is 2. The summed E-state index contributed by atoms with van der Waals surface area (Å²) in [4.78, 5) is 43.5. The molecule has 5 rings (SSSR count). The highest BCUT2D eigenvalue weighted by molar-refractivity contribution is 6.08. The Hall–Kier alpha value is -3.75. The van der Waals surface area contributed by atoms with Gasteiger partial charge in [-0.3, -0.25) is 14.4 Å². The molecule has 8 nitrogen and oxygen atoms in total. The molecule has 198 valence electrons. The van der Waals surface area contributed by atoms with Gasteiger partial charge in [-0.15, -0.1) is 6.58 Å². The van der Waals surface area contributed by atoms with Gasteiger partial charge in [0.05, 0.1) is 18.3 Å². The zero-order chi connectivity index (χ0) is 27.0. The number of amides is 3. The van der Waals surface area contributed by atoms with Crippen molar-refractivity contribution >= 4 is 29.1 Å². The van der Waals surface area contributed by atoms with Crippen molar-refractivity contribution in [1.82, 2.24) is 4.90 Å². The lowest BCUT2D eigenvalue weighted by atomic mass is 9.82. The molecule has 0 unspecified atom stereocenters. The predicted molar refractivity (Wildman–Crippen MR) is 144 cm³/mol. The van der Waals surface area contributed by atoms with E-state index in [1.54, 1.807) is 53.2 Å². The van der Waals surface area contributed by atoms with E-state index < -0.39 is 17.4 Å². The van der Waals surface area contributed by atoms with Gasteiger partial charge >= 0.3 is 0 Å². The van der Waals surface area contributed by atoms with Gasteiger partial charge < -0.3 is 24.9 Å². The van der Waals surface area contributed by atoms with Crippen LogP contribution in [0.25, 0.3) is 0 Å². The summed E-state index contributed by atoms with van der Waals surface area (Å²) >= 11 is 0. The van der Waals surface area contributed by atoms with Gasteiger partial charge in [-0.2, -0.15) is 0 Å². The molecule has 2 aromatic carbocycles. The fraction of sp³-hybridized carbons (Fsp3) is 0.367. The first-order valence-corrected chi connectivity index (χ1v) is 13.0. The Morgan fingerprint density at radius 3 is 2.63 bits per heavy atom. The molecule has 1 saturated heterocycles. The molecule has 0 spiro atoms. The third-order valence-corrected chi connectivity index (χ3v) is 7.99. The lowest BCUT2D eigenvalue weighted by molar-refractivity contribution is -0.139. The number of aliphatic hydroxyl groups is 2. The van der Waals surface area contributed by atoms with Crippen molar-refractivity contribution < 1.29 is 24.6 Å². The Morgan fingerprint density at radius 1 is 1.21 bits per heavy atom. The average molecular weight is 516 g/mol. The Bertz CT molecular complexity index is 1320. The molecule has 3 amide bonds. The minimum Gasteiger partial charge on any atom is -0.394 e. The number of β-lactam (4-membered cyclic amide) rings is 1. The first-order valence-electron chi connectivity index (χ1n) is 13.0. The lowest BCUT2D eigenvalue weighted by Gasteiger charge is -2.36. The van der Waals surface area contributed by atoms with Gasteiger partial charge in [0.15, 0.2) is 5.60 Å². The molecule has 0 aromatic heterocycles. The first-order chi connectivity index (χ1) is 18.3. The molecule has 3 heterocycles. The largest absolute Gasteiger partial charge is 0.394 e. The van der Waals surface area contributed by atoms with E-state index in [9.17, 15) is 24.6 Å². The molecular weight excluding hydrogens is 482 g/mol. The Kier molecular flexibility index (Phi) is 6.94. The molecule has 2 aromatic rings. The summed E-state index contributed by atoms with van der Waals surface area (Å²) < 4.78 is 0. The van der Waals surface area contributed by atoms with Crippen molar-refractivity contribution in [2.45, 2.75) is 44.4 Å². The highest BCUT2D eigenvalue weighted by atomic mass is 16.3. The van der Waals surface area contributed by atoms with E-state index >= 15 is 0 Å². The molecular formula is C30H33N3O5. The van der Waals surface area contributed by atoms with Crippen molar-refractivity contribution in [1.29, 1.82) is 0 Å². The number of rotatable bonds is 8. The molecule has 0 aliphatic carbocycles. The van der Waals surface area contributed by atoms with E-state index in [4.69, 9.17) is 0 Å². The number of nitrogens with zero attached hydrogens (tertiary/aromatic N) is 3. The van der Waals surface area contributed by atoms with Crippen molar-refractivity contribution in [3.05, 3.63) is 84.0 Å². The van der Waals surface area contributed by atoms with Gasteiger partial charge in [0, 0.05) is 49.6 Å². The zero-order valence-corrected chi connectivity index (χ0v) is 21.5. The van der Waals surface area contributed by atoms with Crippen LogP contribution in [-0.2, 0) is 33.0 Å². The summed E-state index contributed by atoms with van der Waals surface area (Å²) in [6.45, 7) is 6.65. The van der Waals surface area contributed by atoms with Gasteiger partial charge in [0.1, 0.15) is 0 Å². The summed E-state index contributed by atoms with van der Waals surface area (Å²) in [5.41, 5.74) is 2.05. The molecule has 3 atom stereocenters. The molecule has 0 saturated carbocycles. The van der Waals surface area contributed by atoms with Crippen LogP contribution in [-0.4, -0.2) is 58.6 Å². The standard InChI is InChI=1S/C30H33N3O5/c1-3-14-32-26-12-11-23(31-15-13-28(31)36)17-25(26)30(38,29(32)37)20(2)7-6-10-27(35)33-18-22-9-5-4-8-21(22)16-24(33)19-34/h3-9,11-12,17,20,24,34,38H,1,10,13-16,18-19H2,2H3/b7-6+/t20-,24+,30+/m1/s1. The summed E-state index contributed by atoms with van der Waals surface area (Å²) in [5.74, 6) is -1.22. The average Bonchev–Trinajstić information content (AvgIpc) is 3.13. The van der Waals surface area contributed by atoms with Crippen LogP contribution in [0.2, 0.25) is 0 Å². The molecule has 1 fully saturated rings. The molecule has 8 heteroatoms. The van der Waals surface area contributed by atoms with Crippen LogP contribution in [0.4, 0.5) is 11.4 Å². The van der Waals surface area contributed by atoms with E-state index in [2.05, 4.69) is 6.58 Å². The summed E-state index contributed by atoms with van der Waals surface area (Å²) in [6.07, 6.45) is 6.16. The fourth-order valence-corrected chi connectivity index (χ4v) is 5.67. The van der Waals surface area contributed by atoms with E-state index in [0.29, 0.717) is 42.9 Å². The summed E-state index contributed by atoms with van der Waals surface area (Å²) in [6, 6.07) is 12.9. The maximum absolute atomic E-state index is 13.5. The van der Waals surface area contributed by atoms with Crippen molar-refractivity contribution in [2.24, 2.45) is 5.92 Å². The van der Waals surface area contributed by atoms with Crippen LogP contribution < -0.4 is 9.80 Å². The number of hydrogen-bond acceptors (Lipinski definition) is 5. The highest BCUT2D eigenvalue weighted by Gasteiger charge is 2.52. The van der Waals surface area contributed by atoms with Gasteiger partial charge in [-0.1, -0.05) is 49.4 Å². The summed E-state index contributed by atoms with van der Waals surface area (Å²) in [7, 11) is 0. The second-order valence-corrected chi connectivity index (χ2v) is 10.2. The number of fused-ring (bicyclic) bond motifs is 2. The topological polar surface area (TPSA) is 101 Å². The fourth-order valence-electron chi connectivity index (χ4n) is 5.67. The molecule has 0 radical (unpaired) electrons. The van der Waals surface area contributed by atoms with Crippen LogP contribution >= 0.6 is 0 Å². The van der Waals surface area contributed by atoms with Gasteiger partial charge in [-0.25, -0.2) is 0 Å². The molecule has 38 heavy (non-hydrogen) atoms. The van der Waals surface area contributed by atoms with Gasteiger partial charge in [0.2, 0.25) is 11.8 Å². The summed E-state index contributed by atoms with van der Waals surface area (Å²) in [5, 5.41) is 21.7. The third-order valence-electron chi connectivity index (χ3n) is 7.99. The van der Waals surface area contributed by atoms with Gasteiger partial charge in [-0.05, 0) is 35.7 Å². The SMILES string of the molecule is C=CCN1C(=O)[C@](O)([C@H](C)/C=C/CC(=O)N2Cc3ccccc3C[C@H]2CO)c2cc(N3CCC3=O)ccc21. The number of carbonyl (C=O) groups excluding carboxylic acids is 3. The quantitative estimate of drug-likeness (QED) is 0.416. The van der Waals surface area contributed by atoms with Crippen molar-refractivity contribution in [3.63, 3.8) is 0 Å². The van der Waals surface area contributed by atoms with Crippen LogP contribution in [0.15, 0.2) is 67.3 Å². The first kappa shape index (κ1) is 25.9.